The number of carbonyl (C=O) groups is 2. The molecule has 0 saturated heterocycles. The van der Waals surface area contributed by atoms with E-state index in [4.69, 9.17) is 4.74 Å². The Bertz CT molecular complexity index is 893. The summed E-state index contributed by atoms with van der Waals surface area (Å²) in [5.41, 5.74) is 1.91. The summed E-state index contributed by atoms with van der Waals surface area (Å²) in [5.74, 6) is 0.211. The highest BCUT2D eigenvalue weighted by Crippen LogP contribution is 2.27. The molecule has 2 aromatic rings. The number of benzene rings is 1. The highest BCUT2D eigenvalue weighted by Gasteiger charge is 2.19. The van der Waals surface area contributed by atoms with Crippen molar-refractivity contribution in [3.8, 4) is 5.75 Å². The van der Waals surface area contributed by atoms with Gasteiger partial charge in [-0.05, 0) is 30.8 Å². The molecule has 1 aliphatic rings. The highest BCUT2D eigenvalue weighted by atomic mass is 32.1. The minimum Gasteiger partial charge on any atom is -0.497 e. The van der Waals surface area contributed by atoms with Crippen LogP contribution in [0.4, 0.5) is 5.13 Å². The van der Waals surface area contributed by atoms with Gasteiger partial charge in [-0.3, -0.25) is 9.59 Å². The summed E-state index contributed by atoms with van der Waals surface area (Å²) < 4.78 is 5.16. The van der Waals surface area contributed by atoms with Crippen molar-refractivity contribution in [2.45, 2.75) is 13.0 Å². The standard InChI is InChI=1S/C20H24N4O3S/c1-23-10-9-16-17(12-23)28-20(21-16)22-18(25)13-24(2)19(26)8-7-14-5-4-6-15(11-14)27-3/h4-8,11H,9-10,12-13H2,1-3H3,(H,21,22,25)/b8-7+. The zero-order valence-electron chi connectivity index (χ0n) is 16.3. The number of carbonyl (C=O) groups excluding carboxylic acids is 2. The number of nitrogens with one attached hydrogen (secondary N) is 1. The fraction of sp³-hybridized carbons (Fsp3) is 0.350. The van der Waals surface area contributed by atoms with Crippen LogP contribution in [0.3, 0.4) is 0 Å². The highest BCUT2D eigenvalue weighted by molar-refractivity contribution is 7.15. The molecular formula is C20H24N4O3S. The lowest BCUT2D eigenvalue weighted by Crippen LogP contribution is -2.33. The van der Waals surface area contributed by atoms with Crippen molar-refractivity contribution in [1.82, 2.24) is 14.8 Å². The molecule has 28 heavy (non-hydrogen) atoms. The van der Waals surface area contributed by atoms with Crippen LogP contribution >= 0.6 is 11.3 Å². The van der Waals surface area contributed by atoms with E-state index in [1.807, 2.05) is 24.3 Å². The van der Waals surface area contributed by atoms with Gasteiger partial charge in [-0.1, -0.05) is 12.1 Å². The summed E-state index contributed by atoms with van der Waals surface area (Å²) in [6.07, 6.45) is 4.04. The average molecular weight is 401 g/mol. The second-order valence-electron chi connectivity index (χ2n) is 6.73. The van der Waals surface area contributed by atoms with Crippen molar-refractivity contribution in [1.29, 1.82) is 0 Å². The van der Waals surface area contributed by atoms with Gasteiger partial charge in [0.05, 0.1) is 19.3 Å². The first-order chi connectivity index (χ1) is 13.4. The number of ether oxygens (including phenoxy) is 1. The first kappa shape index (κ1) is 20.0. The molecule has 148 valence electrons. The van der Waals surface area contributed by atoms with E-state index < -0.39 is 0 Å². The van der Waals surface area contributed by atoms with Crippen LogP contribution < -0.4 is 10.1 Å². The summed E-state index contributed by atoms with van der Waals surface area (Å²) >= 11 is 1.50. The maximum atomic E-state index is 12.3. The minimum atomic E-state index is -0.259. The first-order valence-corrected chi connectivity index (χ1v) is 9.80. The van der Waals surface area contributed by atoms with Crippen molar-refractivity contribution in [3.63, 3.8) is 0 Å². The maximum Gasteiger partial charge on any atom is 0.246 e. The molecule has 2 amide bonds. The lowest BCUT2D eigenvalue weighted by atomic mass is 10.2. The molecule has 0 saturated carbocycles. The van der Waals surface area contributed by atoms with Crippen molar-refractivity contribution in [2.24, 2.45) is 0 Å². The van der Waals surface area contributed by atoms with Crippen molar-refractivity contribution in [3.05, 3.63) is 46.5 Å². The van der Waals surface area contributed by atoms with Gasteiger partial charge in [0.25, 0.3) is 0 Å². The molecule has 7 nitrogen and oxygen atoms in total. The number of rotatable bonds is 6. The third kappa shape index (κ3) is 5.17. The Labute approximate surface area is 168 Å². The van der Waals surface area contributed by atoms with E-state index in [9.17, 15) is 9.59 Å². The van der Waals surface area contributed by atoms with E-state index in [0.29, 0.717) is 5.13 Å². The van der Waals surface area contributed by atoms with E-state index in [2.05, 4.69) is 22.2 Å². The number of methoxy groups -OCH3 is 1. The zero-order valence-corrected chi connectivity index (χ0v) is 17.1. The van der Waals surface area contributed by atoms with Crippen LogP contribution in [0.15, 0.2) is 30.3 Å². The largest absolute Gasteiger partial charge is 0.497 e. The van der Waals surface area contributed by atoms with Gasteiger partial charge >= 0.3 is 0 Å². The van der Waals surface area contributed by atoms with Crippen LogP contribution in [-0.4, -0.2) is 60.9 Å². The van der Waals surface area contributed by atoms with E-state index in [1.54, 1.807) is 20.2 Å². The number of hydrogen-bond acceptors (Lipinski definition) is 6. The normalized spacial score (nSPS) is 14.0. The second kappa shape index (κ2) is 8.99. The van der Waals surface area contributed by atoms with E-state index in [-0.39, 0.29) is 18.4 Å². The van der Waals surface area contributed by atoms with Gasteiger partial charge in [-0.2, -0.15) is 0 Å². The number of aromatic nitrogens is 1. The molecule has 0 fully saturated rings. The monoisotopic (exact) mass is 400 g/mol. The van der Waals surface area contributed by atoms with Gasteiger partial charge in [0.2, 0.25) is 11.8 Å². The molecule has 0 bridgehead atoms. The van der Waals surface area contributed by atoms with E-state index >= 15 is 0 Å². The summed E-state index contributed by atoms with van der Waals surface area (Å²) in [6, 6.07) is 7.40. The van der Waals surface area contributed by atoms with Gasteiger partial charge in [0.15, 0.2) is 5.13 Å². The van der Waals surface area contributed by atoms with Crippen LogP contribution in [0.2, 0.25) is 0 Å². The van der Waals surface area contributed by atoms with Gasteiger partial charge in [-0.25, -0.2) is 4.98 Å². The molecule has 0 radical (unpaired) electrons. The van der Waals surface area contributed by atoms with Crippen LogP contribution in [0.5, 0.6) is 5.75 Å². The number of nitrogens with zero attached hydrogens (tertiary/aromatic N) is 3. The number of amides is 2. The Morgan fingerprint density at radius 2 is 2.25 bits per heavy atom. The SMILES string of the molecule is COc1cccc(/C=C/C(=O)N(C)CC(=O)Nc2nc3c(s2)CN(C)CC3)c1. The molecule has 3 rings (SSSR count). The number of anilines is 1. The third-order valence-electron chi connectivity index (χ3n) is 4.44. The van der Waals surface area contributed by atoms with Crippen LogP contribution in [-0.2, 0) is 22.6 Å². The molecular weight excluding hydrogens is 376 g/mol. The fourth-order valence-electron chi connectivity index (χ4n) is 2.87. The van der Waals surface area contributed by atoms with E-state index in [1.165, 1.54) is 27.2 Å². The Hall–Kier alpha value is -2.71. The Morgan fingerprint density at radius 1 is 1.43 bits per heavy atom. The first-order valence-electron chi connectivity index (χ1n) is 8.99. The Balaban J connectivity index is 1.53. The van der Waals surface area contributed by atoms with Gasteiger partial charge in [0, 0.05) is 37.5 Å². The summed E-state index contributed by atoms with van der Waals surface area (Å²) in [6.45, 7) is 1.79. The zero-order chi connectivity index (χ0) is 20.1. The van der Waals surface area contributed by atoms with Crippen LogP contribution in [0.25, 0.3) is 6.08 Å². The molecule has 1 aliphatic heterocycles. The summed E-state index contributed by atoms with van der Waals surface area (Å²) in [7, 11) is 5.26. The summed E-state index contributed by atoms with van der Waals surface area (Å²) in [5, 5.41) is 3.40. The topological polar surface area (TPSA) is 74.8 Å². The van der Waals surface area contributed by atoms with Crippen molar-refractivity contribution in [2.75, 3.05) is 39.6 Å². The molecule has 0 atom stereocenters. The van der Waals surface area contributed by atoms with Crippen molar-refractivity contribution < 1.29 is 14.3 Å². The number of hydrogen-bond donors (Lipinski definition) is 1. The Morgan fingerprint density at radius 3 is 3.04 bits per heavy atom. The van der Waals surface area contributed by atoms with Crippen LogP contribution in [0, 0.1) is 0 Å². The summed E-state index contributed by atoms with van der Waals surface area (Å²) in [4.78, 5) is 33.8. The number of likely N-dealkylation sites (N-methyl/N-ethyl adjacent to an activating group) is 2. The molecule has 2 heterocycles. The van der Waals surface area contributed by atoms with Crippen molar-refractivity contribution >= 4 is 34.4 Å². The lowest BCUT2D eigenvalue weighted by Gasteiger charge is -2.20. The predicted molar refractivity (Wildman–Crippen MR) is 110 cm³/mol. The molecule has 0 aliphatic carbocycles. The average Bonchev–Trinajstić information content (AvgIpc) is 3.07. The molecule has 0 spiro atoms. The van der Waals surface area contributed by atoms with Crippen LogP contribution in [0.1, 0.15) is 16.1 Å². The minimum absolute atomic E-state index is 0.0363. The molecule has 8 heteroatoms. The molecule has 1 aromatic carbocycles. The van der Waals surface area contributed by atoms with E-state index in [0.717, 1.165) is 36.5 Å². The molecule has 1 N–H and O–H groups in total. The molecule has 1 aromatic heterocycles. The fourth-order valence-corrected chi connectivity index (χ4v) is 3.97. The number of thiazole rings is 1. The third-order valence-corrected chi connectivity index (χ3v) is 5.44. The quantitative estimate of drug-likeness (QED) is 0.753. The Kier molecular flexibility index (Phi) is 6.43. The number of fused-ring (bicyclic) bond motifs is 1. The predicted octanol–water partition coefficient (Wildman–Crippen LogP) is 2.25. The van der Waals surface area contributed by atoms with Gasteiger partial charge in [0.1, 0.15) is 5.75 Å². The van der Waals surface area contributed by atoms with Gasteiger partial charge < -0.3 is 19.9 Å². The smallest absolute Gasteiger partial charge is 0.246 e. The lowest BCUT2D eigenvalue weighted by molar-refractivity contribution is -0.129. The maximum absolute atomic E-state index is 12.3. The second-order valence-corrected chi connectivity index (χ2v) is 7.81. The van der Waals surface area contributed by atoms with Gasteiger partial charge in [-0.15, -0.1) is 11.3 Å². The molecule has 0 unspecified atom stereocenters.